The van der Waals surface area contributed by atoms with Gasteiger partial charge in [0.1, 0.15) is 6.04 Å². The maximum atomic E-state index is 13.2. The minimum atomic E-state index is -1.50. The lowest BCUT2D eigenvalue weighted by Crippen LogP contribution is -2.34. The van der Waals surface area contributed by atoms with Crippen LogP contribution in [0.5, 0.6) is 0 Å². The average Bonchev–Trinajstić information content (AvgIpc) is 2.42. The lowest BCUT2D eigenvalue weighted by molar-refractivity contribution is 0.358. The Balaban J connectivity index is 2.15. The molecule has 0 aliphatic heterocycles. The highest BCUT2D eigenvalue weighted by molar-refractivity contribution is 5.26. The Bertz CT molecular complexity index is 467. The highest BCUT2D eigenvalue weighted by Crippen LogP contribution is 2.23. The number of benzene rings is 1. The van der Waals surface area contributed by atoms with Crippen LogP contribution in [0, 0.1) is 28.8 Å². The van der Waals surface area contributed by atoms with Crippen LogP contribution < -0.4 is 5.32 Å². The van der Waals surface area contributed by atoms with E-state index in [1.54, 1.807) is 0 Å². The molecule has 0 spiro atoms. The fraction of sp³-hybridized carbons (Fsp3) is 0.500. The summed E-state index contributed by atoms with van der Waals surface area (Å²) >= 11 is 0. The third kappa shape index (κ3) is 3.27. The van der Waals surface area contributed by atoms with Gasteiger partial charge in [-0.2, -0.15) is 5.26 Å². The van der Waals surface area contributed by atoms with Gasteiger partial charge in [-0.1, -0.05) is 19.3 Å². The van der Waals surface area contributed by atoms with E-state index in [0.29, 0.717) is 0 Å². The Labute approximate surface area is 110 Å². The molecule has 1 saturated carbocycles. The molecule has 1 unspecified atom stereocenters. The topological polar surface area (TPSA) is 35.8 Å². The molecule has 1 aliphatic rings. The van der Waals surface area contributed by atoms with Gasteiger partial charge in [-0.3, -0.25) is 5.32 Å². The second kappa shape index (κ2) is 6.07. The third-order valence-corrected chi connectivity index (χ3v) is 3.48. The summed E-state index contributed by atoms with van der Waals surface area (Å²) in [6.45, 7) is 0. The SMILES string of the molecule is N#CC(NC1CCCCC1)c1cc(F)c(F)c(F)c1. The van der Waals surface area contributed by atoms with E-state index >= 15 is 0 Å². The lowest BCUT2D eigenvalue weighted by atomic mass is 9.94. The van der Waals surface area contributed by atoms with Gasteiger partial charge in [0.2, 0.25) is 0 Å². The maximum absolute atomic E-state index is 13.2. The van der Waals surface area contributed by atoms with Crippen LogP contribution in [-0.4, -0.2) is 6.04 Å². The highest BCUT2D eigenvalue weighted by Gasteiger charge is 2.21. The molecular weight excluding hydrogens is 253 g/mol. The van der Waals surface area contributed by atoms with Gasteiger partial charge in [0.15, 0.2) is 17.5 Å². The lowest BCUT2D eigenvalue weighted by Gasteiger charge is -2.25. The molecule has 1 atom stereocenters. The molecule has 1 N–H and O–H groups in total. The predicted octanol–water partition coefficient (Wildman–Crippen LogP) is 3.59. The molecule has 2 nitrogen and oxygen atoms in total. The summed E-state index contributed by atoms with van der Waals surface area (Å²) < 4.78 is 39.2. The smallest absolute Gasteiger partial charge is 0.194 e. The molecule has 1 aromatic rings. The van der Waals surface area contributed by atoms with Crippen molar-refractivity contribution in [3.63, 3.8) is 0 Å². The van der Waals surface area contributed by atoms with Crippen LogP contribution in [0.2, 0.25) is 0 Å². The predicted molar refractivity (Wildman–Crippen MR) is 64.7 cm³/mol. The minimum Gasteiger partial charge on any atom is -0.295 e. The van der Waals surface area contributed by atoms with Crippen molar-refractivity contribution in [3.8, 4) is 6.07 Å². The summed E-state index contributed by atoms with van der Waals surface area (Å²) in [6.07, 6.45) is 5.24. The Hall–Kier alpha value is -1.54. The first kappa shape index (κ1) is 13.9. The second-order valence-corrected chi connectivity index (χ2v) is 4.86. The molecule has 0 heterocycles. The molecule has 102 valence electrons. The Morgan fingerprint density at radius 3 is 2.21 bits per heavy atom. The first-order valence-electron chi connectivity index (χ1n) is 6.42. The monoisotopic (exact) mass is 268 g/mol. The molecule has 1 fully saturated rings. The number of halogens is 3. The molecule has 0 radical (unpaired) electrons. The second-order valence-electron chi connectivity index (χ2n) is 4.86. The molecule has 19 heavy (non-hydrogen) atoms. The van der Waals surface area contributed by atoms with E-state index in [0.717, 1.165) is 37.8 Å². The van der Waals surface area contributed by atoms with E-state index in [9.17, 15) is 13.2 Å². The summed E-state index contributed by atoms with van der Waals surface area (Å²) in [5, 5.41) is 12.2. The molecule has 1 aromatic carbocycles. The van der Waals surface area contributed by atoms with Crippen molar-refractivity contribution in [2.45, 2.75) is 44.2 Å². The molecule has 0 amide bonds. The zero-order valence-corrected chi connectivity index (χ0v) is 10.4. The van der Waals surface area contributed by atoms with Gasteiger partial charge in [-0.05, 0) is 30.5 Å². The van der Waals surface area contributed by atoms with Gasteiger partial charge >= 0.3 is 0 Å². The molecular formula is C14H15F3N2. The van der Waals surface area contributed by atoms with E-state index in [4.69, 9.17) is 5.26 Å². The fourth-order valence-corrected chi connectivity index (χ4v) is 2.45. The normalized spacial score (nSPS) is 18.0. The quantitative estimate of drug-likeness (QED) is 0.850. The number of rotatable bonds is 3. The van der Waals surface area contributed by atoms with Crippen LogP contribution in [0.15, 0.2) is 12.1 Å². The molecule has 0 aromatic heterocycles. The van der Waals surface area contributed by atoms with E-state index < -0.39 is 23.5 Å². The van der Waals surface area contributed by atoms with Crippen LogP contribution in [0.1, 0.15) is 43.7 Å². The van der Waals surface area contributed by atoms with Crippen molar-refractivity contribution < 1.29 is 13.2 Å². The number of hydrogen-bond acceptors (Lipinski definition) is 2. The standard InChI is InChI=1S/C14H15F3N2/c15-11-6-9(7-12(16)14(11)17)13(8-18)19-10-4-2-1-3-5-10/h6-7,10,13,19H,1-5H2. The molecule has 1 aliphatic carbocycles. The van der Waals surface area contributed by atoms with Gasteiger partial charge in [-0.25, -0.2) is 13.2 Å². The summed E-state index contributed by atoms with van der Waals surface area (Å²) in [5.74, 6) is -4.03. The highest BCUT2D eigenvalue weighted by atomic mass is 19.2. The number of nitriles is 1. The van der Waals surface area contributed by atoms with Crippen molar-refractivity contribution >= 4 is 0 Å². The Morgan fingerprint density at radius 1 is 1.11 bits per heavy atom. The number of hydrogen-bond donors (Lipinski definition) is 1. The molecule has 5 heteroatoms. The van der Waals surface area contributed by atoms with Crippen LogP contribution in [0.4, 0.5) is 13.2 Å². The van der Waals surface area contributed by atoms with Crippen molar-refractivity contribution in [1.82, 2.24) is 5.32 Å². The van der Waals surface area contributed by atoms with Gasteiger partial charge < -0.3 is 0 Å². The number of nitrogens with one attached hydrogen (secondary N) is 1. The maximum Gasteiger partial charge on any atom is 0.194 e. The number of nitrogens with zero attached hydrogens (tertiary/aromatic N) is 1. The van der Waals surface area contributed by atoms with E-state index in [1.165, 1.54) is 6.42 Å². The Morgan fingerprint density at radius 2 is 1.68 bits per heavy atom. The van der Waals surface area contributed by atoms with Crippen LogP contribution >= 0.6 is 0 Å². The van der Waals surface area contributed by atoms with Crippen molar-refractivity contribution in [3.05, 3.63) is 35.1 Å². The van der Waals surface area contributed by atoms with Gasteiger partial charge in [0.25, 0.3) is 0 Å². The van der Waals surface area contributed by atoms with Crippen LogP contribution in [0.3, 0.4) is 0 Å². The van der Waals surface area contributed by atoms with Crippen LogP contribution in [-0.2, 0) is 0 Å². The zero-order valence-electron chi connectivity index (χ0n) is 10.4. The van der Waals surface area contributed by atoms with Crippen molar-refractivity contribution in [2.24, 2.45) is 0 Å². The van der Waals surface area contributed by atoms with Crippen molar-refractivity contribution in [1.29, 1.82) is 5.26 Å². The molecule has 0 bridgehead atoms. The summed E-state index contributed by atoms with van der Waals surface area (Å²) in [7, 11) is 0. The summed E-state index contributed by atoms with van der Waals surface area (Å²) in [5.41, 5.74) is 0.129. The van der Waals surface area contributed by atoms with E-state index in [1.807, 2.05) is 6.07 Å². The minimum absolute atomic E-state index is 0.129. The first-order chi connectivity index (χ1) is 9.11. The summed E-state index contributed by atoms with van der Waals surface area (Å²) in [4.78, 5) is 0. The average molecular weight is 268 g/mol. The van der Waals surface area contributed by atoms with E-state index in [-0.39, 0.29) is 11.6 Å². The largest absolute Gasteiger partial charge is 0.295 e. The Kier molecular flexibility index (Phi) is 4.43. The van der Waals surface area contributed by atoms with Gasteiger partial charge in [0.05, 0.1) is 6.07 Å². The zero-order chi connectivity index (χ0) is 13.8. The van der Waals surface area contributed by atoms with Crippen molar-refractivity contribution in [2.75, 3.05) is 0 Å². The molecule has 2 rings (SSSR count). The first-order valence-corrected chi connectivity index (χ1v) is 6.42. The van der Waals surface area contributed by atoms with Gasteiger partial charge in [0, 0.05) is 6.04 Å². The third-order valence-electron chi connectivity index (χ3n) is 3.48. The van der Waals surface area contributed by atoms with E-state index in [2.05, 4.69) is 5.32 Å². The van der Waals surface area contributed by atoms with Crippen LogP contribution in [0.25, 0.3) is 0 Å². The fourth-order valence-electron chi connectivity index (χ4n) is 2.45. The summed E-state index contributed by atoms with van der Waals surface area (Å²) in [6, 6.07) is 3.09. The molecule has 0 saturated heterocycles. The van der Waals surface area contributed by atoms with Gasteiger partial charge in [-0.15, -0.1) is 0 Å².